The van der Waals surface area contributed by atoms with Crippen molar-refractivity contribution in [1.82, 2.24) is 0 Å². The van der Waals surface area contributed by atoms with Gasteiger partial charge in [-0.3, -0.25) is 0 Å². The monoisotopic (exact) mass is 354 g/mol. The molecule has 2 heteroatoms. The third-order valence-electron chi connectivity index (χ3n) is 5.48. The van der Waals surface area contributed by atoms with E-state index < -0.39 is 0 Å². The lowest BCUT2D eigenvalue weighted by molar-refractivity contribution is 0.800. The van der Waals surface area contributed by atoms with Crippen LogP contribution in [-0.2, 0) is 6.42 Å². The van der Waals surface area contributed by atoms with Crippen LogP contribution < -0.4 is 10.6 Å². The predicted molar refractivity (Wildman–Crippen MR) is 116 cm³/mol. The summed E-state index contributed by atoms with van der Waals surface area (Å²) in [5.74, 6) is 0.369. The van der Waals surface area contributed by atoms with Crippen molar-refractivity contribution in [2.45, 2.75) is 33.1 Å². The van der Waals surface area contributed by atoms with Crippen LogP contribution in [0.4, 0.5) is 17.1 Å². The fraction of sp³-hybridized carbons (Fsp3) is 0.200. The lowest BCUT2D eigenvalue weighted by Crippen LogP contribution is -2.18. The van der Waals surface area contributed by atoms with Crippen LogP contribution in [0.1, 0.15) is 42.0 Å². The number of nitrogen functional groups attached to an aromatic ring is 1. The number of benzene rings is 3. The van der Waals surface area contributed by atoms with Gasteiger partial charge in [-0.2, -0.15) is 0 Å². The Morgan fingerprint density at radius 2 is 1.56 bits per heavy atom. The normalized spacial score (nSPS) is 16.5. The number of para-hydroxylation sites is 2. The Morgan fingerprint density at radius 1 is 0.852 bits per heavy atom. The summed E-state index contributed by atoms with van der Waals surface area (Å²) < 4.78 is 0. The number of anilines is 3. The van der Waals surface area contributed by atoms with Crippen molar-refractivity contribution < 1.29 is 0 Å². The average Bonchev–Trinajstić information content (AvgIpc) is 3.02. The summed E-state index contributed by atoms with van der Waals surface area (Å²) in [5, 5.41) is 0. The third kappa shape index (κ3) is 2.73. The van der Waals surface area contributed by atoms with Gasteiger partial charge in [0.05, 0.1) is 0 Å². The molecular weight excluding hydrogens is 328 g/mol. The van der Waals surface area contributed by atoms with Crippen molar-refractivity contribution in [2.75, 3.05) is 10.6 Å². The second-order valence-electron chi connectivity index (χ2n) is 6.92. The number of hydrogen-bond acceptors (Lipinski definition) is 2. The zero-order chi connectivity index (χ0) is 19.0. The van der Waals surface area contributed by atoms with E-state index in [9.17, 15) is 0 Å². The zero-order valence-electron chi connectivity index (χ0n) is 16.2. The smallest absolute Gasteiger partial charge is 0.0497 e. The summed E-state index contributed by atoms with van der Waals surface area (Å²) >= 11 is 0. The van der Waals surface area contributed by atoms with E-state index in [1.807, 2.05) is 26.0 Å². The van der Waals surface area contributed by atoms with Crippen LogP contribution in [0.5, 0.6) is 0 Å². The van der Waals surface area contributed by atoms with Crippen molar-refractivity contribution in [3.8, 4) is 0 Å². The van der Waals surface area contributed by atoms with Gasteiger partial charge in [-0.15, -0.1) is 0 Å². The molecule has 27 heavy (non-hydrogen) atoms. The Morgan fingerprint density at radius 3 is 2.33 bits per heavy atom. The van der Waals surface area contributed by atoms with Crippen molar-refractivity contribution in [1.29, 1.82) is 0 Å². The van der Waals surface area contributed by atoms with Crippen LogP contribution in [0.25, 0.3) is 6.08 Å². The maximum Gasteiger partial charge on any atom is 0.0497 e. The Kier molecular flexibility index (Phi) is 4.49. The second-order valence-corrected chi connectivity index (χ2v) is 6.92. The first-order valence-electron chi connectivity index (χ1n) is 9.77. The van der Waals surface area contributed by atoms with Gasteiger partial charge >= 0.3 is 0 Å². The van der Waals surface area contributed by atoms with E-state index in [0.29, 0.717) is 5.92 Å². The maximum atomic E-state index is 6.27. The molecule has 2 N–H and O–H groups in total. The highest BCUT2D eigenvalue weighted by Gasteiger charge is 2.37. The summed E-state index contributed by atoms with van der Waals surface area (Å²) in [4.78, 5) is 2.43. The Balaban J connectivity index is 0.000000872. The number of aryl methyl sites for hydroxylation is 1. The highest BCUT2D eigenvalue weighted by atomic mass is 15.2. The molecule has 0 fully saturated rings. The van der Waals surface area contributed by atoms with Gasteiger partial charge in [-0.1, -0.05) is 62.4 Å². The van der Waals surface area contributed by atoms with Gasteiger partial charge in [0.2, 0.25) is 0 Å². The lowest BCUT2D eigenvalue weighted by Gasteiger charge is -2.28. The minimum atomic E-state index is 0.369. The number of nitrogens with zero attached hydrogens (tertiary/aromatic N) is 1. The van der Waals surface area contributed by atoms with Crippen molar-refractivity contribution in [3.63, 3.8) is 0 Å². The molecule has 1 heterocycles. The fourth-order valence-corrected chi connectivity index (χ4v) is 4.26. The van der Waals surface area contributed by atoms with Gasteiger partial charge in [0.25, 0.3) is 0 Å². The van der Waals surface area contributed by atoms with Crippen LogP contribution in [0, 0.1) is 6.92 Å². The average molecular weight is 354 g/mol. The Labute approximate surface area is 162 Å². The third-order valence-corrected chi connectivity index (χ3v) is 5.48. The quantitative estimate of drug-likeness (QED) is 0.510. The molecule has 1 aliphatic heterocycles. The first-order chi connectivity index (χ1) is 13.2. The molecule has 5 rings (SSSR count). The standard InChI is InChI=1S/C23H20N2.C2H6/c1-15-7-2-4-11-21(15)25-22-12-5-3-9-17(22)19-14-18-16(13-23(19)25)8-6-10-20(18)24;1-2/h2-13,19H,14,24H2,1H3;1-2H3. The largest absolute Gasteiger partial charge is 0.398 e. The van der Waals surface area contributed by atoms with Gasteiger partial charge in [-0.25, -0.2) is 0 Å². The molecule has 3 aromatic carbocycles. The predicted octanol–water partition coefficient (Wildman–Crippen LogP) is 6.44. The van der Waals surface area contributed by atoms with Gasteiger partial charge < -0.3 is 10.6 Å². The molecule has 0 aromatic heterocycles. The van der Waals surface area contributed by atoms with E-state index in [0.717, 1.165) is 12.1 Å². The van der Waals surface area contributed by atoms with Crippen molar-refractivity contribution in [3.05, 3.63) is 94.7 Å². The molecular formula is C25H26N2. The minimum absolute atomic E-state index is 0.369. The Hall–Kier alpha value is -3.00. The highest BCUT2D eigenvalue weighted by molar-refractivity contribution is 5.85. The molecule has 3 aromatic rings. The first kappa shape index (κ1) is 17.4. The fourth-order valence-electron chi connectivity index (χ4n) is 4.26. The van der Waals surface area contributed by atoms with Gasteiger partial charge in [0, 0.05) is 28.7 Å². The van der Waals surface area contributed by atoms with Gasteiger partial charge in [0.1, 0.15) is 0 Å². The lowest BCUT2D eigenvalue weighted by atomic mass is 9.84. The van der Waals surface area contributed by atoms with E-state index in [4.69, 9.17) is 5.73 Å². The molecule has 1 unspecified atom stereocenters. The van der Waals surface area contributed by atoms with Gasteiger partial charge in [0.15, 0.2) is 0 Å². The van der Waals surface area contributed by atoms with E-state index >= 15 is 0 Å². The van der Waals surface area contributed by atoms with Crippen molar-refractivity contribution >= 4 is 23.1 Å². The first-order valence-corrected chi connectivity index (χ1v) is 9.77. The molecule has 136 valence electrons. The van der Waals surface area contributed by atoms with Crippen LogP contribution in [0.15, 0.2) is 72.4 Å². The van der Waals surface area contributed by atoms with Crippen LogP contribution in [0.2, 0.25) is 0 Å². The summed E-state index contributed by atoms with van der Waals surface area (Å²) in [6.45, 7) is 6.18. The van der Waals surface area contributed by atoms with Crippen molar-refractivity contribution in [2.24, 2.45) is 0 Å². The number of hydrogen-bond donors (Lipinski definition) is 1. The topological polar surface area (TPSA) is 29.3 Å². The number of nitrogens with two attached hydrogens (primary N) is 1. The summed E-state index contributed by atoms with van der Waals surface area (Å²) in [6.07, 6.45) is 3.29. The van der Waals surface area contributed by atoms with Crippen LogP contribution in [0.3, 0.4) is 0 Å². The molecule has 1 aliphatic carbocycles. The van der Waals surface area contributed by atoms with E-state index in [1.165, 1.54) is 39.3 Å². The SMILES string of the molecule is CC.Cc1ccccc1N1C2=Cc3cccc(N)c3CC2c2ccccc21. The number of allylic oxidation sites excluding steroid dienone is 1. The molecule has 0 bridgehead atoms. The van der Waals surface area contributed by atoms with Gasteiger partial charge in [-0.05, 0) is 59.9 Å². The summed E-state index contributed by atoms with van der Waals surface area (Å²) in [6, 6.07) is 23.6. The van der Waals surface area contributed by atoms with Crippen LogP contribution >= 0.6 is 0 Å². The minimum Gasteiger partial charge on any atom is -0.398 e. The summed E-state index contributed by atoms with van der Waals surface area (Å²) in [5.41, 5.74) is 16.3. The zero-order valence-corrected chi connectivity index (χ0v) is 16.2. The molecule has 0 amide bonds. The maximum absolute atomic E-state index is 6.27. The van der Waals surface area contributed by atoms with E-state index in [-0.39, 0.29) is 0 Å². The molecule has 0 spiro atoms. The highest BCUT2D eigenvalue weighted by Crippen LogP contribution is 2.52. The Bertz CT molecular complexity index is 1020. The number of rotatable bonds is 1. The van der Waals surface area contributed by atoms with E-state index in [1.54, 1.807) is 0 Å². The second kappa shape index (κ2) is 6.96. The molecule has 2 aliphatic rings. The molecule has 1 atom stereocenters. The van der Waals surface area contributed by atoms with E-state index in [2.05, 4.69) is 72.5 Å². The summed E-state index contributed by atoms with van der Waals surface area (Å²) in [7, 11) is 0. The molecule has 2 nitrogen and oxygen atoms in total. The molecule has 0 saturated carbocycles. The molecule has 0 radical (unpaired) electrons. The van der Waals surface area contributed by atoms with Crippen LogP contribution in [-0.4, -0.2) is 0 Å². The molecule has 0 saturated heterocycles. The number of fused-ring (bicyclic) bond motifs is 4.